The summed E-state index contributed by atoms with van der Waals surface area (Å²) in [6, 6.07) is 10.4. The molecule has 0 saturated carbocycles. The summed E-state index contributed by atoms with van der Waals surface area (Å²) in [5, 5.41) is 0. The van der Waals surface area contributed by atoms with Crippen LogP contribution in [0.5, 0.6) is 0 Å². The average molecular weight is 159 g/mol. The molecule has 1 rings (SSSR count). The Labute approximate surface area is 74.8 Å². The average Bonchev–Trinajstić information content (AvgIpc) is 2.07. The van der Waals surface area contributed by atoms with Gasteiger partial charge in [-0.3, -0.25) is 0 Å². The van der Waals surface area contributed by atoms with Crippen LogP contribution in [0, 0.1) is 0 Å². The van der Waals surface area contributed by atoms with Gasteiger partial charge in [-0.15, -0.1) is 12.6 Å². The summed E-state index contributed by atoms with van der Waals surface area (Å²) in [5.41, 5.74) is 1.29. The van der Waals surface area contributed by atoms with Crippen LogP contribution in [-0.4, -0.2) is 25.8 Å². The molecule has 12 heavy (non-hydrogen) atoms. The van der Waals surface area contributed by atoms with E-state index >= 15 is 0 Å². The fourth-order valence-corrected chi connectivity index (χ4v) is 1.30. The van der Waals surface area contributed by atoms with Crippen molar-refractivity contribution >= 4 is 12.3 Å². The van der Waals surface area contributed by atoms with Crippen LogP contribution in [0.1, 0.15) is 0 Å². The van der Waals surface area contributed by atoms with E-state index in [1.807, 2.05) is 12.0 Å². The Morgan fingerprint density at radius 3 is 2.25 bits per heavy atom. The van der Waals surface area contributed by atoms with Crippen molar-refractivity contribution in [3.8, 4) is 0 Å². The molecule has 0 bridgehead atoms. The van der Waals surface area contributed by atoms with Crippen molar-refractivity contribution in [3.63, 3.8) is 0 Å². The molecule has 2 heteroatoms. The predicted octanol–water partition coefficient (Wildman–Crippen LogP) is 1.17. The third-order valence-electron chi connectivity index (χ3n) is 1.92. The van der Waals surface area contributed by atoms with Crippen LogP contribution in [0.4, 0.5) is 0 Å². The zero-order chi connectivity index (χ0) is 8.97. The highest BCUT2D eigenvalue weighted by atomic mass is 15.0. The molecule has 0 unspecified atom stereocenters. The normalized spacial score (nSPS) is 9.92. The Morgan fingerprint density at radius 2 is 1.83 bits per heavy atom. The van der Waals surface area contributed by atoms with Gasteiger partial charge in [0.15, 0.2) is 0 Å². The van der Waals surface area contributed by atoms with Gasteiger partial charge in [0.1, 0.15) is 0 Å². The number of hydrogen-bond donors (Lipinski definition) is 0. The van der Waals surface area contributed by atoms with E-state index in [-0.39, 0.29) is 0 Å². The number of nitrogens with zero attached hydrogens (tertiary/aromatic N) is 1. The first-order chi connectivity index (χ1) is 5.75. The van der Waals surface area contributed by atoms with Crippen LogP contribution in [-0.2, 0) is 0 Å². The maximum absolute atomic E-state index is 3.82. The zero-order valence-corrected chi connectivity index (χ0v) is 7.70. The lowest BCUT2D eigenvalue weighted by atomic mass is 9.55. The van der Waals surface area contributed by atoms with E-state index in [0.717, 1.165) is 0 Å². The standard InChI is InChI=1S/C10H14BN/c1-4-11(12(2)3)10-8-6-5-7-9-10/h4-9H,1H2,2-3H3. The second kappa shape index (κ2) is 4.12. The summed E-state index contributed by atoms with van der Waals surface area (Å²) in [7, 11) is 4.11. The van der Waals surface area contributed by atoms with Gasteiger partial charge in [0.25, 0.3) is 6.85 Å². The molecule has 0 aliphatic heterocycles. The molecule has 0 aliphatic rings. The molecule has 0 aromatic heterocycles. The molecule has 1 nitrogen and oxygen atoms in total. The topological polar surface area (TPSA) is 3.24 Å². The Bertz CT molecular complexity index is 243. The van der Waals surface area contributed by atoms with Crippen molar-refractivity contribution in [2.45, 2.75) is 0 Å². The van der Waals surface area contributed by atoms with Crippen molar-refractivity contribution in [2.75, 3.05) is 14.1 Å². The fourth-order valence-electron chi connectivity index (χ4n) is 1.30. The minimum atomic E-state index is 0.325. The summed E-state index contributed by atoms with van der Waals surface area (Å²) < 4.78 is 0. The van der Waals surface area contributed by atoms with Crippen molar-refractivity contribution < 1.29 is 0 Å². The minimum absolute atomic E-state index is 0.325. The van der Waals surface area contributed by atoms with Gasteiger partial charge in [-0.1, -0.05) is 35.8 Å². The lowest BCUT2D eigenvalue weighted by Gasteiger charge is -2.16. The maximum Gasteiger partial charge on any atom is 0.283 e. The highest BCUT2D eigenvalue weighted by molar-refractivity contribution is 6.75. The molecule has 1 aromatic rings. The Balaban J connectivity index is 2.88. The summed E-state index contributed by atoms with van der Waals surface area (Å²) in [5.74, 6) is 1.95. The van der Waals surface area contributed by atoms with Crippen molar-refractivity contribution in [1.82, 2.24) is 4.81 Å². The molecule has 1 aromatic carbocycles. The molecule has 62 valence electrons. The summed E-state index contributed by atoms with van der Waals surface area (Å²) in [6.45, 7) is 4.14. The highest BCUT2D eigenvalue weighted by Crippen LogP contribution is 1.92. The van der Waals surface area contributed by atoms with E-state index in [9.17, 15) is 0 Å². The molecular formula is C10H14BN. The minimum Gasteiger partial charge on any atom is -0.340 e. The van der Waals surface area contributed by atoms with Gasteiger partial charge in [0, 0.05) is 0 Å². The molecule has 0 aliphatic carbocycles. The Kier molecular flexibility index (Phi) is 3.12. The summed E-state index contributed by atoms with van der Waals surface area (Å²) >= 11 is 0. The first-order valence-electron chi connectivity index (χ1n) is 4.09. The van der Waals surface area contributed by atoms with Crippen LogP contribution in [0.15, 0.2) is 42.9 Å². The highest BCUT2D eigenvalue weighted by Gasteiger charge is 2.13. The van der Waals surface area contributed by atoms with E-state index in [4.69, 9.17) is 0 Å². The van der Waals surface area contributed by atoms with Crippen LogP contribution in [0.2, 0.25) is 0 Å². The van der Waals surface area contributed by atoms with Crippen LogP contribution in [0.3, 0.4) is 0 Å². The van der Waals surface area contributed by atoms with Crippen LogP contribution in [0.25, 0.3) is 0 Å². The Hall–Kier alpha value is -1.02. The van der Waals surface area contributed by atoms with Gasteiger partial charge >= 0.3 is 0 Å². The molecule has 0 atom stereocenters. The quantitative estimate of drug-likeness (QED) is 0.598. The number of rotatable bonds is 3. The fraction of sp³-hybridized carbons (Fsp3) is 0.200. The Morgan fingerprint density at radius 1 is 1.25 bits per heavy atom. The molecule has 0 N–H and O–H groups in total. The smallest absolute Gasteiger partial charge is 0.283 e. The van der Waals surface area contributed by atoms with Gasteiger partial charge in [-0.25, -0.2) is 0 Å². The van der Waals surface area contributed by atoms with Gasteiger partial charge < -0.3 is 4.81 Å². The van der Waals surface area contributed by atoms with Crippen LogP contribution >= 0.6 is 0 Å². The second-order valence-electron chi connectivity index (χ2n) is 3.05. The molecular weight excluding hydrogens is 145 g/mol. The zero-order valence-electron chi connectivity index (χ0n) is 7.70. The maximum atomic E-state index is 3.82. The van der Waals surface area contributed by atoms with E-state index in [1.165, 1.54) is 5.46 Å². The first-order valence-corrected chi connectivity index (χ1v) is 4.09. The largest absolute Gasteiger partial charge is 0.340 e. The summed E-state index contributed by atoms with van der Waals surface area (Å²) in [4.78, 5) is 2.14. The van der Waals surface area contributed by atoms with Crippen molar-refractivity contribution in [1.29, 1.82) is 0 Å². The lowest BCUT2D eigenvalue weighted by molar-refractivity contribution is 0.657. The molecule has 0 spiro atoms. The molecule has 0 saturated heterocycles. The van der Waals surface area contributed by atoms with Gasteiger partial charge in [0.05, 0.1) is 0 Å². The van der Waals surface area contributed by atoms with E-state index in [2.05, 4.69) is 49.8 Å². The number of benzene rings is 1. The summed E-state index contributed by atoms with van der Waals surface area (Å²) in [6.07, 6.45) is 0. The third-order valence-corrected chi connectivity index (χ3v) is 1.92. The number of hydrogen-bond acceptors (Lipinski definition) is 1. The molecule has 0 radical (unpaired) electrons. The lowest BCUT2D eigenvalue weighted by Crippen LogP contribution is -2.42. The SMILES string of the molecule is C=CB(c1ccccc1)N(C)C. The third kappa shape index (κ3) is 1.99. The van der Waals surface area contributed by atoms with Gasteiger partial charge in [-0.05, 0) is 14.1 Å². The molecule has 0 heterocycles. The first kappa shape index (κ1) is 9.08. The van der Waals surface area contributed by atoms with E-state index < -0.39 is 0 Å². The van der Waals surface area contributed by atoms with E-state index in [0.29, 0.717) is 6.85 Å². The molecule has 0 amide bonds. The van der Waals surface area contributed by atoms with Gasteiger partial charge in [-0.2, -0.15) is 0 Å². The van der Waals surface area contributed by atoms with Crippen molar-refractivity contribution in [2.24, 2.45) is 0 Å². The predicted molar refractivity (Wildman–Crippen MR) is 55.7 cm³/mol. The van der Waals surface area contributed by atoms with E-state index in [1.54, 1.807) is 0 Å². The van der Waals surface area contributed by atoms with Crippen LogP contribution < -0.4 is 5.46 Å². The second-order valence-corrected chi connectivity index (χ2v) is 3.05. The molecule has 0 fully saturated rings. The van der Waals surface area contributed by atoms with Crippen molar-refractivity contribution in [3.05, 3.63) is 42.9 Å². The van der Waals surface area contributed by atoms with Gasteiger partial charge in [0.2, 0.25) is 0 Å². The monoisotopic (exact) mass is 159 g/mol.